The number of fused-ring (bicyclic) bond motifs is 1. The molecule has 0 bridgehead atoms. The second-order valence-electron chi connectivity index (χ2n) is 4.31. The van der Waals surface area contributed by atoms with Crippen molar-refractivity contribution in [2.75, 3.05) is 14.1 Å². The highest BCUT2D eigenvalue weighted by atomic mass is 127. The Kier molecular flexibility index (Phi) is 5.23. The van der Waals surface area contributed by atoms with Gasteiger partial charge in [-0.1, -0.05) is 5.16 Å². The summed E-state index contributed by atoms with van der Waals surface area (Å²) in [5.74, 6) is 1.56. The van der Waals surface area contributed by atoms with Crippen LogP contribution in [0.4, 0.5) is 0 Å². The van der Waals surface area contributed by atoms with Crippen molar-refractivity contribution >= 4 is 29.9 Å². The van der Waals surface area contributed by atoms with E-state index in [1.165, 1.54) is 18.4 Å². The molecule has 1 aliphatic carbocycles. The third-order valence-electron chi connectivity index (χ3n) is 2.88. The fourth-order valence-electron chi connectivity index (χ4n) is 1.87. The van der Waals surface area contributed by atoms with Crippen molar-refractivity contribution < 1.29 is 4.52 Å². The molecule has 96 valence electrons. The predicted octanol–water partition coefficient (Wildman–Crippen LogP) is 1.55. The molecule has 0 atom stereocenters. The Morgan fingerprint density at radius 2 is 2.12 bits per heavy atom. The van der Waals surface area contributed by atoms with Gasteiger partial charge in [-0.05, 0) is 19.3 Å². The summed E-state index contributed by atoms with van der Waals surface area (Å²) in [4.78, 5) is 6.06. The van der Waals surface area contributed by atoms with Gasteiger partial charge in [0.1, 0.15) is 11.5 Å². The predicted molar refractivity (Wildman–Crippen MR) is 77.6 cm³/mol. The van der Waals surface area contributed by atoms with E-state index in [1.54, 1.807) is 4.90 Å². The Labute approximate surface area is 118 Å². The average molecular weight is 350 g/mol. The average Bonchev–Trinajstić information content (AvgIpc) is 2.69. The number of hydrogen-bond acceptors (Lipinski definition) is 3. The lowest BCUT2D eigenvalue weighted by atomic mass is 9.96. The fraction of sp³-hybridized carbons (Fsp3) is 0.636. The molecule has 0 saturated heterocycles. The van der Waals surface area contributed by atoms with E-state index >= 15 is 0 Å². The zero-order valence-electron chi connectivity index (χ0n) is 10.3. The quantitative estimate of drug-likeness (QED) is 0.499. The van der Waals surface area contributed by atoms with Gasteiger partial charge in [-0.25, -0.2) is 4.99 Å². The van der Waals surface area contributed by atoms with Gasteiger partial charge in [-0.2, -0.15) is 0 Å². The summed E-state index contributed by atoms with van der Waals surface area (Å²) < 4.78 is 5.31. The Morgan fingerprint density at radius 1 is 1.41 bits per heavy atom. The third-order valence-corrected chi connectivity index (χ3v) is 2.88. The smallest absolute Gasteiger partial charge is 0.191 e. The van der Waals surface area contributed by atoms with Crippen LogP contribution >= 0.6 is 24.0 Å². The Hall–Kier alpha value is -0.790. The maximum Gasteiger partial charge on any atom is 0.191 e. The highest BCUT2D eigenvalue weighted by Crippen LogP contribution is 2.24. The molecule has 6 heteroatoms. The molecule has 0 aromatic carbocycles. The number of nitrogens with two attached hydrogens (primary N) is 1. The Balaban J connectivity index is 0.00000144. The van der Waals surface area contributed by atoms with E-state index in [-0.39, 0.29) is 24.0 Å². The van der Waals surface area contributed by atoms with E-state index in [9.17, 15) is 0 Å². The van der Waals surface area contributed by atoms with Crippen LogP contribution in [0.2, 0.25) is 0 Å². The van der Waals surface area contributed by atoms with Crippen LogP contribution in [0, 0.1) is 0 Å². The normalized spacial score (nSPS) is 15.1. The molecule has 2 rings (SSSR count). The molecule has 17 heavy (non-hydrogen) atoms. The Morgan fingerprint density at radius 3 is 2.82 bits per heavy atom. The summed E-state index contributed by atoms with van der Waals surface area (Å²) in [5.41, 5.74) is 7.92. The summed E-state index contributed by atoms with van der Waals surface area (Å²) in [6.07, 6.45) is 4.49. The number of halogens is 1. The lowest BCUT2D eigenvalue weighted by Gasteiger charge is -2.11. The van der Waals surface area contributed by atoms with E-state index < -0.39 is 0 Å². The summed E-state index contributed by atoms with van der Waals surface area (Å²) in [6, 6.07) is 0. The fourth-order valence-corrected chi connectivity index (χ4v) is 1.87. The van der Waals surface area contributed by atoms with Crippen molar-refractivity contribution in [2.24, 2.45) is 10.7 Å². The van der Waals surface area contributed by atoms with Gasteiger partial charge in [0.15, 0.2) is 5.96 Å². The minimum Gasteiger partial charge on any atom is -0.370 e. The largest absolute Gasteiger partial charge is 0.370 e. The molecule has 2 N–H and O–H groups in total. The van der Waals surface area contributed by atoms with Gasteiger partial charge in [-0.15, -0.1) is 24.0 Å². The first-order valence-corrected chi connectivity index (χ1v) is 5.62. The lowest BCUT2D eigenvalue weighted by molar-refractivity contribution is 0.368. The maximum absolute atomic E-state index is 5.73. The van der Waals surface area contributed by atoms with Crippen molar-refractivity contribution in [3.8, 4) is 0 Å². The van der Waals surface area contributed by atoms with Gasteiger partial charge in [0.05, 0.1) is 6.54 Å². The van der Waals surface area contributed by atoms with Crippen LogP contribution in [-0.2, 0) is 19.4 Å². The van der Waals surface area contributed by atoms with Gasteiger partial charge in [0.25, 0.3) is 0 Å². The molecule has 0 unspecified atom stereocenters. The molecular formula is C11H19IN4O. The van der Waals surface area contributed by atoms with E-state index in [0.717, 1.165) is 24.3 Å². The van der Waals surface area contributed by atoms with Crippen molar-refractivity contribution in [3.05, 3.63) is 17.0 Å². The topological polar surface area (TPSA) is 67.7 Å². The first kappa shape index (κ1) is 14.3. The zero-order chi connectivity index (χ0) is 11.5. The molecule has 1 aromatic rings. The minimum atomic E-state index is 0. The van der Waals surface area contributed by atoms with Crippen LogP contribution in [0.5, 0.6) is 0 Å². The molecule has 0 amide bonds. The summed E-state index contributed by atoms with van der Waals surface area (Å²) in [7, 11) is 3.74. The van der Waals surface area contributed by atoms with Crippen LogP contribution in [-0.4, -0.2) is 30.1 Å². The summed E-state index contributed by atoms with van der Waals surface area (Å²) in [5, 5.41) is 4.07. The van der Waals surface area contributed by atoms with E-state index in [4.69, 9.17) is 10.3 Å². The molecule has 1 heterocycles. The molecule has 1 aromatic heterocycles. The van der Waals surface area contributed by atoms with Crippen molar-refractivity contribution in [3.63, 3.8) is 0 Å². The summed E-state index contributed by atoms with van der Waals surface area (Å²) in [6.45, 7) is 0.517. The number of hydrogen-bond donors (Lipinski definition) is 1. The maximum atomic E-state index is 5.73. The minimum absolute atomic E-state index is 0. The standard InChI is InChI=1S/C11H18N4O.HI/c1-15(2)11(12)13-7-9-8-5-3-4-6-10(8)16-14-9;/h3-7H2,1-2H3,(H2,12,13);1H. The number of nitrogens with zero attached hydrogens (tertiary/aromatic N) is 3. The van der Waals surface area contributed by atoms with Crippen molar-refractivity contribution in [1.82, 2.24) is 10.1 Å². The van der Waals surface area contributed by atoms with Gasteiger partial charge < -0.3 is 15.2 Å². The highest BCUT2D eigenvalue weighted by Gasteiger charge is 2.18. The molecule has 0 saturated carbocycles. The Bertz CT molecular complexity index is 400. The van der Waals surface area contributed by atoms with Crippen molar-refractivity contribution in [2.45, 2.75) is 32.2 Å². The molecule has 0 fully saturated rings. The van der Waals surface area contributed by atoms with Gasteiger partial charge in [0.2, 0.25) is 0 Å². The van der Waals surface area contributed by atoms with Gasteiger partial charge in [-0.3, -0.25) is 0 Å². The molecule has 5 nitrogen and oxygen atoms in total. The molecule has 0 aliphatic heterocycles. The molecule has 1 aliphatic rings. The van der Waals surface area contributed by atoms with Crippen LogP contribution in [0.3, 0.4) is 0 Å². The van der Waals surface area contributed by atoms with Crippen LogP contribution in [0.25, 0.3) is 0 Å². The first-order valence-electron chi connectivity index (χ1n) is 5.62. The third kappa shape index (κ3) is 3.34. The monoisotopic (exact) mass is 350 g/mol. The van der Waals surface area contributed by atoms with E-state index in [0.29, 0.717) is 12.5 Å². The number of guanidine groups is 1. The molecule has 0 radical (unpaired) electrons. The van der Waals surface area contributed by atoms with Crippen LogP contribution in [0.1, 0.15) is 29.9 Å². The lowest BCUT2D eigenvalue weighted by Crippen LogP contribution is -2.30. The zero-order valence-corrected chi connectivity index (χ0v) is 12.6. The molecular weight excluding hydrogens is 331 g/mol. The van der Waals surface area contributed by atoms with E-state index in [1.807, 2.05) is 14.1 Å². The van der Waals surface area contributed by atoms with Crippen molar-refractivity contribution in [1.29, 1.82) is 0 Å². The number of rotatable bonds is 2. The van der Waals surface area contributed by atoms with E-state index in [2.05, 4.69) is 10.1 Å². The summed E-state index contributed by atoms with van der Waals surface area (Å²) >= 11 is 0. The van der Waals surface area contributed by atoms with Crippen LogP contribution < -0.4 is 5.73 Å². The second kappa shape index (κ2) is 6.23. The van der Waals surface area contributed by atoms with Crippen LogP contribution in [0.15, 0.2) is 9.52 Å². The van der Waals surface area contributed by atoms with Gasteiger partial charge >= 0.3 is 0 Å². The highest BCUT2D eigenvalue weighted by molar-refractivity contribution is 14.0. The number of aryl methyl sites for hydroxylation is 1. The first-order chi connectivity index (χ1) is 7.68. The SMILES string of the molecule is CN(C)C(N)=NCc1noc2c1CCCC2.I. The van der Waals surface area contributed by atoms with Gasteiger partial charge in [0, 0.05) is 26.1 Å². The number of aromatic nitrogens is 1. The second-order valence-corrected chi connectivity index (χ2v) is 4.31. The molecule has 0 spiro atoms. The number of aliphatic imine (C=N–C) groups is 1.